The summed E-state index contributed by atoms with van der Waals surface area (Å²) in [6, 6.07) is 3.70. The lowest BCUT2D eigenvalue weighted by atomic mass is 9.86. The van der Waals surface area contributed by atoms with Crippen molar-refractivity contribution in [3.63, 3.8) is 0 Å². The van der Waals surface area contributed by atoms with Crippen LogP contribution in [0.3, 0.4) is 0 Å². The van der Waals surface area contributed by atoms with Crippen LogP contribution < -0.4 is 0 Å². The molecule has 2 rings (SSSR count). The summed E-state index contributed by atoms with van der Waals surface area (Å²) in [5.41, 5.74) is 1.20. The molecule has 0 bridgehead atoms. The van der Waals surface area contributed by atoms with Gasteiger partial charge in [-0.2, -0.15) is 0 Å². The molecule has 0 radical (unpaired) electrons. The molecule has 154 valence electrons. The largest absolute Gasteiger partial charge is 0.294 e. The Morgan fingerprint density at radius 1 is 1.28 bits per heavy atom. The topological polar surface area (TPSA) is 59.9 Å². The highest BCUT2D eigenvalue weighted by Crippen LogP contribution is 2.30. The van der Waals surface area contributed by atoms with Gasteiger partial charge in [0.2, 0.25) is 0 Å². The van der Waals surface area contributed by atoms with Gasteiger partial charge in [-0.25, -0.2) is 4.98 Å². The van der Waals surface area contributed by atoms with Gasteiger partial charge in [0.25, 0.3) is 0 Å². The van der Waals surface area contributed by atoms with Crippen LogP contribution in [0.4, 0.5) is 0 Å². The maximum Gasteiger partial charge on any atom is 0.172 e. The van der Waals surface area contributed by atoms with Crippen LogP contribution in [0.15, 0.2) is 59.4 Å². The third-order valence-electron chi connectivity index (χ3n) is 3.41. The molecule has 7 heteroatoms. The van der Waals surface area contributed by atoms with E-state index in [0.717, 1.165) is 15.1 Å². The van der Waals surface area contributed by atoms with Crippen LogP contribution >= 0.6 is 38.9 Å². The van der Waals surface area contributed by atoms with E-state index in [0.29, 0.717) is 10.5 Å². The predicted octanol–water partition coefficient (Wildman–Crippen LogP) is 7.07. The fraction of sp³-hybridized carbons (Fsp3) is 0.273. The zero-order chi connectivity index (χ0) is 22.2. The van der Waals surface area contributed by atoms with E-state index in [1.165, 1.54) is 18.3 Å². The second-order valence-electron chi connectivity index (χ2n) is 7.10. The van der Waals surface area contributed by atoms with Crippen LogP contribution in [0, 0.1) is 5.41 Å². The molecule has 0 amide bonds. The standard InChI is InChI=1S/C12H17BrO.C10H7ClN2OS/c1-6-7-10(8-9(2)13)11(14)12(3,4)5;1-6(14)8-9(11)13-10(15-8)7-3-2-4-12-5-7/h6-8H,1H2,2-5H3;2-5H,1H3/b9-8+,10-7+;. The molecule has 29 heavy (non-hydrogen) atoms. The summed E-state index contributed by atoms with van der Waals surface area (Å²) < 4.78 is 0.934. The molecule has 2 aromatic heterocycles. The predicted molar refractivity (Wildman–Crippen MR) is 126 cm³/mol. The normalized spacial score (nSPS) is 12.1. The van der Waals surface area contributed by atoms with Gasteiger partial charge in [0.05, 0.1) is 0 Å². The van der Waals surface area contributed by atoms with Crippen molar-refractivity contribution in [2.24, 2.45) is 5.41 Å². The molecule has 0 N–H and O–H groups in total. The van der Waals surface area contributed by atoms with Crippen LogP contribution in [0.25, 0.3) is 10.6 Å². The number of Topliss-reactive ketones (excluding diaryl/α,β-unsaturated/α-hetero) is 2. The summed E-state index contributed by atoms with van der Waals surface area (Å²) in [6.45, 7) is 12.7. The lowest BCUT2D eigenvalue weighted by Gasteiger charge is -2.17. The molecule has 2 heterocycles. The number of hydrogen-bond acceptors (Lipinski definition) is 5. The molecule has 0 unspecified atom stereocenters. The average Bonchev–Trinajstić information content (AvgIpc) is 3.03. The van der Waals surface area contributed by atoms with Gasteiger partial charge in [-0.3, -0.25) is 14.6 Å². The summed E-state index contributed by atoms with van der Waals surface area (Å²) in [5.74, 6) is 0.0591. The van der Waals surface area contributed by atoms with E-state index in [2.05, 4.69) is 32.5 Å². The lowest BCUT2D eigenvalue weighted by molar-refractivity contribution is -0.122. The lowest BCUT2D eigenvalue weighted by Crippen LogP contribution is -2.21. The second kappa shape index (κ2) is 11.3. The zero-order valence-electron chi connectivity index (χ0n) is 17.1. The maximum absolute atomic E-state index is 11.9. The summed E-state index contributed by atoms with van der Waals surface area (Å²) in [4.78, 5) is 31.7. The van der Waals surface area contributed by atoms with Crippen molar-refractivity contribution in [1.29, 1.82) is 0 Å². The first-order valence-electron chi connectivity index (χ1n) is 8.76. The first kappa shape index (κ1) is 25.1. The maximum atomic E-state index is 11.9. The molecule has 0 fully saturated rings. The number of halogens is 2. The van der Waals surface area contributed by atoms with E-state index < -0.39 is 0 Å². The van der Waals surface area contributed by atoms with Gasteiger partial charge in [-0.05, 0) is 29.6 Å². The van der Waals surface area contributed by atoms with Crippen molar-refractivity contribution in [2.45, 2.75) is 34.6 Å². The third-order valence-corrected chi connectivity index (χ3v) is 5.23. The molecule has 0 spiro atoms. The van der Waals surface area contributed by atoms with Gasteiger partial charge in [-0.1, -0.05) is 67.0 Å². The van der Waals surface area contributed by atoms with Crippen LogP contribution in [-0.2, 0) is 4.79 Å². The van der Waals surface area contributed by atoms with Gasteiger partial charge in [-0.15, -0.1) is 11.3 Å². The smallest absolute Gasteiger partial charge is 0.172 e. The Balaban J connectivity index is 0.000000291. The number of carbonyl (C=O) groups is 2. The van der Waals surface area contributed by atoms with Crippen molar-refractivity contribution in [1.82, 2.24) is 9.97 Å². The number of ketones is 2. The van der Waals surface area contributed by atoms with E-state index >= 15 is 0 Å². The molecule has 0 aliphatic heterocycles. The minimum absolute atomic E-state index is 0.0624. The number of hydrogen-bond donors (Lipinski definition) is 0. The fourth-order valence-corrected chi connectivity index (χ4v) is 3.57. The molecule has 0 aliphatic rings. The van der Waals surface area contributed by atoms with Crippen molar-refractivity contribution in [2.75, 3.05) is 0 Å². The van der Waals surface area contributed by atoms with Gasteiger partial charge < -0.3 is 0 Å². The Bertz CT molecular complexity index is 937. The SMILES string of the molecule is C=C/C=C(\C=C(/C)Br)C(=O)C(C)(C)C.CC(=O)c1sc(-c2cccnc2)nc1Cl. The van der Waals surface area contributed by atoms with Crippen molar-refractivity contribution in [3.05, 3.63) is 69.4 Å². The number of pyridine rings is 1. The molecule has 0 aromatic carbocycles. The number of nitrogens with zero attached hydrogens (tertiary/aromatic N) is 2. The highest BCUT2D eigenvalue weighted by Gasteiger charge is 2.23. The average molecular weight is 496 g/mol. The minimum Gasteiger partial charge on any atom is -0.294 e. The molecular formula is C22H24BrClN2O2S. The molecule has 0 atom stereocenters. The highest BCUT2D eigenvalue weighted by atomic mass is 79.9. The first-order chi connectivity index (χ1) is 13.5. The van der Waals surface area contributed by atoms with Gasteiger partial charge in [0, 0.05) is 35.9 Å². The monoisotopic (exact) mass is 494 g/mol. The summed E-state index contributed by atoms with van der Waals surface area (Å²) >= 11 is 10.4. The molecular weight excluding hydrogens is 472 g/mol. The Hall–Kier alpha value is -1.89. The number of carbonyl (C=O) groups excluding carboxylic acids is 2. The second-order valence-corrected chi connectivity index (χ2v) is 9.71. The van der Waals surface area contributed by atoms with E-state index in [9.17, 15) is 9.59 Å². The van der Waals surface area contributed by atoms with Crippen molar-refractivity contribution < 1.29 is 9.59 Å². The van der Waals surface area contributed by atoms with E-state index in [1.807, 2.05) is 45.9 Å². The van der Waals surface area contributed by atoms with Crippen LogP contribution in [-0.4, -0.2) is 21.5 Å². The van der Waals surface area contributed by atoms with Crippen LogP contribution in [0.2, 0.25) is 5.15 Å². The molecule has 2 aromatic rings. The molecule has 0 saturated heterocycles. The van der Waals surface area contributed by atoms with Gasteiger partial charge >= 0.3 is 0 Å². The zero-order valence-corrected chi connectivity index (χ0v) is 20.3. The first-order valence-corrected chi connectivity index (χ1v) is 10.7. The minimum atomic E-state index is -0.353. The quantitative estimate of drug-likeness (QED) is 0.253. The Morgan fingerprint density at radius 2 is 1.93 bits per heavy atom. The van der Waals surface area contributed by atoms with Crippen molar-refractivity contribution in [3.8, 4) is 10.6 Å². The Morgan fingerprint density at radius 3 is 2.34 bits per heavy atom. The number of aromatic nitrogens is 2. The number of allylic oxidation sites excluding steroid dienone is 5. The van der Waals surface area contributed by atoms with Gasteiger partial charge in [0.15, 0.2) is 16.7 Å². The van der Waals surface area contributed by atoms with E-state index in [1.54, 1.807) is 24.5 Å². The van der Waals surface area contributed by atoms with Crippen LogP contribution in [0.1, 0.15) is 44.3 Å². The van der Waals surface area contributed by atoms with Crippen LogP contribution in [0.5, 0.6) is 0 Å². The Kier molecular flexibility index (Phi) is 9.83. The highest BCUT2D eigenvalue weighted by molar-refractivity contribution is 9.11. The Labute approximate surface area is 189 Å². The third kappa shape index (κ3) is 8.17. The van der Waals surface area contributed by atoms with E-state index in [4.69, 9.17) is 11.6 Å². The number of thiazole rings is 1. The molecule has 4 nitrogen and oxygen atoms in total. The molecule has 0 aliphatic carbocycles. The molecule has 0 saturated carbocycles. The fourth-order valence-electron chi connectivity index (χ4n) is 2.09. The summed E-state index contributed by atoms with van der Waals surface area (Å²) in [6.07, 6.45) is 8.56. The summed E-state index contributed by atoms with van der Waals surface area (Å²) in [7, 11) is 0. The van der Waals surface area contributed by atoms with Crippen molar-refractivity contribution >= 4 is 50.4 Å². The number of rotatable bonds is 5. The summed E-state index contributed by atoms with van der Waals surface area (Å²) in [5, 5.41) is 0.990. The van der Waals surface area contributed by atoms with E-state index in [-0.39, 0.29) is 22.1 Å². The van der Waals surface area contributed by atoms with Gasteiger partial charge in [0.1, 0.15) is 9.88 Å².